The van der Waals surface area contributed by atoms with Gasteiger partial charge in [-0.1, -0.05) is 7.92 Å². The normalized spacial score (nSPS) is 11.9. The fourth-order valence-electron chi connectivity index (χ4n) is 0.391. The van der Waals surface area contributed by atoms with E-state index in [-0.39, 0.29) is 13.8 Å². The first kappa shape index (κ1) is 9.64. The van der Waals surface area contributed by atoms with Crippen molar-refractivity contribution in [2.24, 2.45) is 0 Å². The minimum absolute atomic E-state index is 0.00583. The molecule has 0 aromatic rings. The number of carbonyl (C=O) groups is 1. The Balaban J connectivity index is 4.03. The predicted octanol–water partition coefficient (Wildman–Crippen LogP) is 1.38. The predicted molar refractivity (Wildman–Crippen MR) is 46.6 cm³/mol. The van der Waals surface area contributed by atoms with Crippen LogP contribution < -0.4 is 5.32 Å². The van der Waals surface area contributed by atoms with E-state index in [0.29, 0.717) is 0 Å². The lowest BCUT2D eigenvalue weighted by Crippen LogP contribution is -2.14. The fraction of sp³-hybridized carbons (Fsp3) is 0.571. The van der Waals surface area contributed by atoms with Gasteiger partial charge in [0, 0.05) is 13.1 Å². The summed E-state index contributed by atoms with van der Waals surface area (Å²) >= 11 is 0. The number of nitrogens with one attached hydrogen (secondary N) is 1. The second kappa shape index (κ2) is 4.45. The molecule has 0 heterocycles. The number of allylic oxidation sites excluding steroid dienone is 1. The molecule has 1 N–H and O–H groups in total. The molecule has 0 aromatic heterocycles. The van der Waals surface area contributed by atoms with Gasteiger partial charge in [-0.3, -0.25) is 4.79 Å². The van der Waals surface area contributed by atoms with Crippen LogP contribution in [-0.2, 0) is 4.79 Å². The van der Waals surface area contributed by atoms with Crippen LogP contribution in [0.15, 0.2) is 11.4 Å². The first-order valence-corrected chi connectivity index (χ1v) is 5.39. The summed E-state index contributed by atoms with van der Waals surface area (Å²) in [5.74, 6) is -0.00583. The van der Waals surface area contributed by atoms with Crippen molar-refractivity contribution in [1.82, 2.24) is 5.32 Å². The van der Waals surface area contributed by atoms with E-state index < -0.39 is 0 Å². The number of carbonyl (C=O) groups excluding carboxylic acids is 1. The summed E-state index contributed by atoms with van der Waals surface area (Å²) in [6.45, 7) is 6.25. The standard InChI is InChI=1S/C7H14NOP/c1-6(10(3)4)5-7(9)8-2/h5H,1-4H3,(H,8,9)/b6-5+. The molecule has 3 heteroatoms. The summed E-state index contributed by atoms with van der Waals surface area (Å²) in [5, 5.41) is 3.72. The molecule has 0 rings (SSSR count). The number of hydrogen-bond acceptors (Lipinski definition) is 1. The highest BCUT2D eigenvalue weighted by molar-refractivity contribution is 7.60. The van der Waals surface area contributed by atoms with Gasteiger partial charge in [-0.2, -0.15) is 0 Å². The van der Waals surface area contributed by atoms with Crippen LogP contribution in [0.5, 0.6) is 0 Å². The van der Waals surface area contributed by atoms with Gasteiger partial charge in [0.2, 0.25) is 5.91 Å². The van der Waals surface area contributed by atoms with Gasteiger partial charge in [-0.05, 0) is 25.6 Å². The van der Waals surface area contributed by atoms with Crippen molar-refractivity contribution in [3.05, 3.63) is 11.4 Å². The largest absolute Gasteiger partial charge is 0.356 e. The van der Waals surface area contributed by atoms with Gasteiger partial charge in [-0.15, -0.1) is 0 Å². The molecule has 2 nitrogen and oxygen atoms in total. The summed E-state index contributed by atoms with van der Waals surface area (Å²) in [7, 11) is 1.54. The Bertz CT molecular complexity index is 152. The molecule has 0 spiro atoms. The Hall–Kier alpha value is -0.360. The second-order valence-electron chi connectivity index (χ2n) is 2.29. The van der Waals surface area contributed by atoms with E-state index in [4.69, 9.17) is 0 Å². The molecule has 1 amide bonds. The third-order valence-corrected chi connectivity index (χ3v) is 2.83. The highest BCUT2D eigenvalue weighted by Gasteiger charge is 1.97. The summed E-state index contributed by atoms with van der Waals surface area (Å²) in [6, 6.07) is 0. The van der Waals surface area contributed by atoms with E-state index in [9.17, 15) is 4.79 Å². The average molecular weight is 159 g/mol. The molecule has 0 aliphatic heterocycles. The zero-order valence-corrected chi connectivity index (χ0v) is 7.83. The molecule has 0 bridgehead atoms. The van der Waals surface area contributed by atoms with Crippen LogP contribution in [0.25, 0.3) is 0 Å². The molecule has 0 unspecified atom stereocenters. The van der Waals surface area contributed by atoms with Gasteiger partial charge < -0.3 is 5.32 Å². The minimum atomic E-state index is -0.0996. The highest BCUT2D eigenvalue weighted by Crippen LogP contribution is 2.34. The van der Waals surface area contributed by atoms with Crippen molar-refractivity contribution in [3.63, 3.8) is 0 Å². The van der Waals surface area contributed by atoms with Gasteiger partial charge >= 0.3 is 0 Å². The molecule has 0 fully saturated rings. The first-order valence-electron chi connectivity index (χ1n) is 3.15. The third kappa shape index (κ3) is 3.62. The average Bonchev–Trinajstić information content (AvgIpc) is 1.87. The molecular formula is C7H14NOP. The third-order valence-electron chi connectivity index (χ3n) is 1.29. The quantitative estimate of drug-likeness (QED) is 0.478. The van der Waals surface area contributed by atoms with Crippen molar-refractivity contribution in [2.75, 3.05) is 20.4 Å². The highest BCUT2D eigenvalue weighted by atomic mass is 31.1. The lowest BCUT2D eigenvalue weighted by Gasteiger charge is -2.03. The summed E-state index contributed by atoms with van der Waals surface area (Å²) < 4.78 is 0. The van der Waals surface area contributed by atoms with Crippen LogP contribution in [-0.4, -0.2) is 26.3 Å². The molecule has 0 saturated carbocycles. The summed E-state index contributed by atoms with van der Waals surface area (Å²) in [5.41, 5.74) is 0. The zero-order chi connectivity index (χ0) is 8.15. The van der Waals surface area contributed by atoms with Crippen LogP contribution in [0.3, 0.4) is 0 Å². The van der Waals surface area contributed by atoms with Gasteiger partial charge in [0.05, 0.1) is 0 Å². The molecule has 10 heavy (non-hydrogen) atoms. The van der Waals surface area contributed by atoms with E-state index >= 15 is 0 Å². The maximum Gasteiger partial charge on any atom is 0.244 e. The molecule has 0 aromatic carbocycles. The SMILES string of the molecule is CNC(=O)/C=C(\C)P(C)C. The van der Waals surface area contributed by atoms with E-state index in [0.717, 1.165) is 0 Å². The lowest BCUT2D eigenvalue weighted by molar-refractivity contribution is -0.116. The van der Waals surface area contributed by atoms with Crippen molar-refractivity contribution < 1.29 is 4.79 Å². The number of likely N-dealkylation sites (N-methyl/N-ethyl adjacent to an activating group) is 1. The van der Waals surface area contributed by atoms with Gasteiger partial charge in [0.15, 0.2) is 0 Å². The van der Waals surface area contributed by atoms with Crippen LogP contribution in [0.4, 0.5) is 0 Å². The van der Waals surface area contributed by atoms with E-state index in [1.165, 1.54) is 5.31 Å². The molecule has 58 valence electrons. The van der Waals surface area contributed by atoms with Gasteiger partial charge in [0.25, 0.3) is 0 Å². The maximum absolute atomic E-state index is 10.7. The van der Waals surface area contributed by atoms with E-state index in [1.54, 1.807) is 13.1 Å². The van der Waals surface area contributed by atoms with Gasteiger partial charge in [0.1, 0.15) is 0 Å². The molecule has 0 saturated heterocycles. The summed E-state index contributed by atoms with van der Waals surface area (Å²) in [4.78, 5) is 10.7. The summed E-state index contributed by atoms with van der Waals surface area (Å²) in [6.07, 6.45) is 1.66. The minimum Gasteiger partial charge on any atom is -0.356 e. The number of rotatable bonds is 2. The first-order chi connectivity index (χ1) is 4.57. The Kier molecular flexibility index (Phi) is 4.29. The Morgan fingerprint density at radius 1 is 1.50 bits per heavy atom. The molecule has 0 aliphatic carbocycles. The maximum atomic E-state index is 10.7. The van der Waals surface area contributed by atoms with Gasteiger partial charge in [-0.25, -0.2) is 0 Å². The van der Waals surface area contributed by atoms with Crippen LogP contribution in [0.2, 0.25) is 0 Å². The Labute approximate surface area is 63.5 Å². The van der Waals surface area contributed by atoms with E-state index in [2.05, 4.69) is 18.6 Å². The Morgan fingerprint density at radius 2 is 2.00 bits per heavy atom. The lowest BCUT2D eigenvalue weighted by atomic mass is 10.5. The number of amides is 1. The topological polar surface area (TPSA) is 29.1 Å². The van der Waals surface area contributed by atoms with Crippen molar-refractivity contribution >= 4 is 13.8 Å². The van der Waals surface area contributed by atoms with Crippen LogP contribution in [0.1, 0.15) is 6.92 Å². The molecule has 0 aliphatic rings. The zero-order valence-electron chi connectivity index (χ0n) is 6.93. The van der Waals surface area contributed by atoms with Crippen LogP contribution >= 0.6 is 7.92 Å². The van der Waals surface area contributed by atoms with Crippen molar-refractivity contribution in [1.29, 1.82) is 0 Å². The fourth-order valence-corrected chi connectivity index (χ4v) is 0.766. The monoisotopic (exact) mass is 159 g/mol. The molecule has 0 radical (unpaired) electrons. The molecule has 0 atom stereocenters. The number of hydrogen-bond donors (Lipinski definition) is 1. The van der Waals surface area contributed by atoms with E-state index in [1.807, 2.05) is 6.92 Å². The van der Waals surface area contributed by atoms with Crippen molar-refractivity contribution in [3.8, 4) is 0 Å². The van der Waals surface area contributed by atoms with Crippen molar-refractivity contribution in [2.45, 2.75) is 6.92 Å². The second-order valence-corrected chi connectivity index (χ2v) is 4.79. The molecular weight excluding hydrogens is 145 g/mol. The smallest absolute Gasteiger partial charge is 0.244 e. The van der Waals surface area contributed by atoms with Crippen LogP contribution in [0, 0.1) is 0 Å². The Morgan fingerprint density at radius 3 is 2.30 bits per heavy atom.